The Morgan fingerprint density at radius 2 is 1.80 bits per heavy atom. The van der Waals surface area contributed by atoms with E-state index < -0.39 is 23.1 Å². The highest BCUT2D eigenvalue weighted by atomic mass is 19.4. The number of aliphatic carboxylic acids is 1. The van der Waals surface area contributed by atoms with E-state index in [4.69, 9.17) is 5.11 Å². The molecule has 0 saturated heterocycles. The second kappa shape index (κ2) is 5.34. The smallest absolute Gasteiger partial charge is 0.416 e. The highest BCUT2D eigenvalue weighted by Gasteiger charge is 2.36. The standard InChI is InChI=1S/C14H18F3NO2/c1-13(2,12(19)20)8-9-7-10(18(3)4)5-6-11(9)14(15,16)17/h5-7H,8H2,1-4H3,(H,19,20). The SMILES string of the molecule is CN(C)c1ccc(C(F)(F)F)c(CC(C)(C)C(=O)O)c1. The van der Waals surface area contributed by atoms with Crippen molar-refractivity contribution in [3.8, 4) is 0 Å². The third-order valence-electron chi connectivity index (χ3n) is 3.12. The second-order valence-electron chi connectivity index (χ2n) is 5.60. The molecule has 0 amide bonds. The van der Waals surface area contributed by atoms with Gasteiger partial charge in [-0.2, -0.15) is 13.2 Å². The number of carbonyl (C=O) groups is 1. The Balaban J connectivity index is 3.33. The van der Waals surface area contributed by atoms with E-state index in [2.05, 4.69) is 0 Å². The minimum atomic E-state index is -4.49. The highest BCUT2D eigenvalue weighted by molar-refractivity contribution is 5.74. The molecule has 0 atom stereocenters. The van der Waals surface area contributed by atoms with Gasteiger partial charge in [0.2, 0.25) is 0 Å². The summed E-state index contributed by atoms with van der Waals surface area (Å²) in [6.45, 7) is 2.83. The Morgan fingerprint density at radius 3 is 2.20 bits per heavy atom. The summed E-state index contributed by atoms with van der Waals surface area (Å²) < 4.78 is 39.0. The van der Waals surface area contributed by atoms with Crippen molar-refractivity contribution < 1.29 is 23.1 Å². The van der Waals surface area contributed by atoms with Crippen LogP contribution in [0, 0.1) is 5.41 Å². The normalized spacial score (nSPS) is 12.3. The predicted octanol–water partition coefficient (Wildman–Crippen LogP) is 3.42. The predicted molar refractivity (Wildman–Crippen MR) is 70.9 cm³/mol. The summed E-state index contributed by atoms with van der Waals surface area (Å²) in [4.78, 5) is 12.8. The van der Waals surface area contributed by atoms with Crippen LogP contribution in [-0.4, -0.2) is 25.2 Å². The van der Waals surface area contributed by atoms with Crippen LogP contribution in [0.15, 0.2) is 18.2 Å². The molecule has 3 nitrogen and oxygen atoms in total. The Labute approximate surface area is 116 Å². The summed E-state index contributed by atoms with van der Waals surface area (Å²) in [6.07, 6.45) is -4.67. The number of anilines is 1. The molecule has 0 heterocycles. The molecule has 1 N–H and O–H groups in total. The highest BCUT2D eigenvalue weighted by Crippen LogP contribution is 2.36. The number of carboxylic acid groups (broad SMARTS) is 1. The number of hydrogen-bond acceptors (Lipinski definition) is 2. The molecule has 0 bridgehead atoms. The van der Waals surface area contributed by atoms with E-state index in [-0.39, 0.29) is 12.0 Å². The molecule has 6 heteroatoms. The van der Waals surface area contributed by atoms with Crippen LogP contribution >= 0.6 is 0 Å². The average Bonchev–Trinajstić information content (AvgIpc) is 2.26. The third kappa shape index (κ3) is 3.65. The van der Waals surface area contributed by atoms with Crippen molar-refractivity contribution in [1.29, 1.82) is 0 Å². The van der Waals surface area contributed by atoms with Crippen LogP contribution in [-0.2, 0) is 17.4 Å². The van der Waals surface area contributed by atoms with E-state index in [1.165, 1.54) is 26.0 Å². The molecule has 0 aromatic heterocycles. The van der Waals surface area contributed by atoms with E-state index in [0.29, 0.717) is 5.69 Å². The minimum Gasteiger partial charge on any atom is -0.481 e. The van der Waals surface area contributed by atoms with Crippen molar-refractivity contribution in [2.24, 2.45) is 5.41 Å². The summed E-state index contributed by atoms with van der Waals surface area (Å²) in [7, 11) is 3.43. The molecule has 0 aliphatic carbocycles. The lowest BCUT2D eigenvalue weighted by atomic mass is 9.84. The number of hydrogen-bond donors (Lipinski definition) is 1. The molecule has 20 heavy (non-hydrogen) atoms. The summed E-state index contributed by atoms with van der Waals surface area (Å²) in [5.41, 5.74) is -1.44. The van der Waals surface area contributed by atoms with Gasteiger partial charge < -0.3 is 10.0 Å². The zero-order valence-corrected chi connectivity index (χ0v) is 11.9. The summed E-state index contributed by atoms with van der Waals surface area (Å²) in [5.74, 6) is -1.12. The fraction of sp³-hybridized carbons (Fsp3) is 0.500. The van der Waals surface area contributed by atoms with Gasteiger partial charge in [0.15, 0.2) is 0 Å². The van der Waals surface area contributed by atoms with Gasteiger partial charge >= 0.3 is 12.1 Å². The third-order valence-corrected chi connectivity index (χ3v) is 3.12. The fourth-order valence-corrected chi connectivity index (χ4v) is 1.83. The van der Waals surface area contributed by atoms with Gasteiger partial charge in [0.1, 0.15) is 0 Å². The number of carboxylic acids is 1. The van der Waals surface area contributed by atoms with E-state index in [0.717, 1.165) is 6.07 Å². The van der Waals surface area contributed by atoms with Gasteiger partial charge in [0, 0.05) is 19.8 Å². The molecule has 0 radical (unpaired) electrons. The quantitative estimate of drug-likeness (QED) is 0.923. The molecule has 0 aliphatic heterocycles. The van der Waals surface area contributed by atoms with Crippen molar-refractivity contribution in [1.82, 2.24) is 0 Å². The lowest BCUT2D eigenvalue weighted by Gasteiger charge is -2.23. The van der Waals surface area contributed by atoms with Crippen LogP contribution in [0.4, 0.5) is 18.9 Å². The van der Waals surface area contributed by atoms with Gasteiger partial charge in [0.25, 0.3) is 0 Å². The first-order chi connectivity index (χ1) is 8.95. The van der Waals surface area contributed by atoms with Crippen molar-refractivity contribution in [3.63, 3.8) is 0 Å². The number of rotatable bonds is 4. The molecule has 112 valence electrons. The number of alkyl halides is 3. The van der Waals surface area contributed by atoms with Crippen LogP contribution in [0.5, 0.6) is 0 Å². The summed E-state index contributed by atoms with van der Waals surface area (Å²) in [5, 5.41) is 9.08. The molecule has 1 rings (SSSR count). The maximum absolute atomic E-state index is 13.0. The largest absolute Gasteiger partial charge is 0.481 e. The summed E-state index contributed by atoms with van der Waals surface area (Å²) in [6, 6.07) is 3.77. The first-order valence-corrected chi connectivity index (χ1v) is 6.06. The first kappa shape index (κ1) is 16.3. The average molecular weight is 289 g/mol. The van der Waals surface area contributed by atoms with Gasteiger partial charge in [-0.1, -0.05) is 0 Å². The van der Waals surface area contributed by atoms with Gasteiger partial charge in [-0.05, 0) is 44.0 Å². The molecule has 1 aromatic carbocycles. The van der Waals surface area contributed by atoms with Crippen molar-refractivity contribution in [3.05, 3.63) is 29.3 Å². The molecule has 0 unspecified atom stereocenters. The number of nitrogens with zero attached hydrogens (tertiary/aromatic N) is 1. The van der Waals surface area contributed by atoms with Crippen LogP contribution in [0.25, 0.3) is 0 Å². The van der Waals surface area contributed by atoms with Gasteiger partial charge in [-0.15, -0.1) is 0 Å². The lowest BCUT2D eigenvalue weighted by molar-refractivity contribution is -0.148. The zero-order valence-electron chi connectivity index (χ0n) is 11.9. The van der Waals surface area contributed by atoms with Crippen molar-refractivity contribution in [2.75, 3.05) is 19.0 Å². The molecule has 0 spiro atoms. The maximum atomic E-state index is 13.0. The fourth-order valence-electron chi connectivity index (χ4n) is 1.83. The molecular formula is C14H18F3NO2. The summed E-state index contributed by atoms with van der Waals surface area (Å²) >= 11 is 0. The van der Waals surface area contributed by atoms with E-state index >= 15 is 0 Å². The van der Waals surface area contributed by atoms with Crippen LogP contribution in [0.1, 0.15) is 25.0 Å². The Kier molecular flexibility index (Phi) is 4.36. The Bertz CT molecular complexity index is 508. The van der Waals surface area contributed by atoms with Gasteiger partial charge in [-0.25, -0.2) is 0 Å². The van der Waals surface area contributed by atoms with Gasteiger partial charge in [0.05, 0.1) is 11.0 Å². The van der Waals surface area contributed by atoms with Crippen molar-refractivity contribution in [2.45, 2.75) is 26.4 Å². The van der Waals surface area contributed by atoms with E-state index in [1.807, 2.05) is 0 Å². The van der Waals surface area contributed by atoms with E-state index in [1.54, 1.807) is 19.0 Å². The monoisotopic (exact) mass is 289 g/mol. The van der Waals surface area contributed by atoms with E-state index in [9.17, 15) is 18.0 Å². The topological polar surface area (TPSA) is 40.5 Å². The molecule has 0 aliphatic rings. The van der Waals surface area contributed by atoms with Gasteiger partial charge in [-0.3, -0.25) is 4.79 Å². The van der Waals surface area contributed by atoms with Crippen LogP contribution in [0.3, 0.4) is 0 Å². The maximum Gasteiger partial charge on any atom is 0.416 e. The molecular weight excluding hydrogens is 271 g/mol. The Morgan fingerprint density at radius 1 is 1.25 bits per heavy atom. The van der Waals surface area contributed by atoms with Crippen LogP contribution < -0.4 is 4.90 Å². The van der Waals surface area contributed by atoms with Crippen LogP contribution in [0.2, 0.25) is 0 Å². The Hall–Kier alpha value is -1.72. The number of benzene rings is 1. The molecule has 1 aromatic rings. The first-order valence-electron chi connectivity index (χ1n) is 6.06. The zero-order chi connectivity index (χ0) is 15.7. The lowest BCUT2D eigenvalue weighted by Crippen LogP contribution is -2.27. The second-order valence-corrected chi connectivity index (χ2v) is 5.60. The molecule has 0 fully saturated rings. The molecule has 0 saturated carbocycles. The van der Waals surface area contributed by atoms with Crippen molar-refractivity contribution >= 4 is 11.7 Å². The minimum absolute atomic E-state index is 0.00361. The number of halogens is 3.